The third-order valence-corrected chi connectivity index (χ3v) is 2.79. The van der Waals surface area contributed by atoms with Crippen LogP contribution in [0.3, 0.4) is 0 Å². The fourth-order valence-corrected chi connectivity index (χ4v) is 1.42. The summed E-state index contributed by atoms with van der Waals surface area (Å²) in [4.78, 5) is 10.9. The highest BCUT2D eigenvalue weighted by molar-refractivity contribution is 7.89. The van der Waals surface area contributed by atoms with E-state index >= 15 is 0 Å². The van der Waals surface area contributed by atoms with Gasteiger partial charge in [0.25, 0.3) is 10.0 Å². The molecule has 0 aromatic carbocycles. The number of carbonyl (C=O) groups excluding carboxylic acids is 1. The Balaban J connectivity index is 3.06. The Hall–Kier alpha value is -1.34. The van der Waals surface area contributed by atoms with E-state index in [1.165, 1.54) is 26.3 Å². The lowest BCUT2D eigenvalue weighted by Gasteiger charge is -1.96. The van der Waals surface area contributed by atoms with Crippen molar-refractivity contribution in [3.05, 3.63) is 17.9 Å². The molecule has 1 aromatic rings. The summed E-state index contributed by atoms with van der Waals surface area (Å²) in [6.07, 6.45) is 0. The minimum absolute atomic E-state index is 0.152. The Labute approximate surface area is 80.9 Å². The van der Waals surface area contributed by atoms with Crippen molar-refractivity contribution in [3.63, 3.8) is 0 Å². The molecule has 0 aliphatic carbocycles. The third-order valence-electron chi connectivity index (χ3n) is 1.50. The monoisotopic (exact) mass is 219 g/mol. The minimum atomic E-state index is -3.64. The van der Waals surface area contributed by atoms with E-state index in [0.29, 0.717) is 0 Å². The summed E-state index contributed by atoms with van der Waals surface area (Å²) >= 11 is 0. The molecule has 0 unspecified atom stereocenters. The van der Waals surface area contributed by atoms with E-state index in [4.69, 9.17) is 4.42 Å². The number of carbonyl (C=O) groups is 1. The van der Waals surface area contributed by atoms with Crippen LogP contribution in [0.15, 0.2) is 21.6 Å². The minimum Gasteiger partial charge on any atom is -0.463 e. The van der Waals surface area contributed by atoms with Gasteiger partial charge in [-0.2, -0.15) is 0 Å². The van der Waals surface area contributed by atoms with Gasteiger partial charge in [-0.3, -0.25) is 0 Å². The van der Waals surface area contributed by atoms with Crippen LogP contribution in [0.25, 0.3) is 0 Å². The number of furan rings is 1. The Morgan fingerprint density at radius 2 is 2.14 bits per heavy atom. The molecule has 0 amide bonds. The van der Waals surface area contributed by atoms with Crippen molar-refractivity contribution < 1.29 is 22.4 Å². The van der Waals surface area contributed by atoms with Gasteiger partial charge in [0.2, 0.25) is 10.9 Å². The predicted molar refractivity (Wildman–Crippen MR) is 46.3 cm³/mol. The molecule has 7 heteroatoms. The van der Waals surface area contributed by atoms with Crippen LogP contribution >= 0.6 is 0 Å². The van der Waals surface area contributed by atoms with Crippen LogP contribution in [0.4, 0.5) is 0 Å². The van der Waals surface area contributed by atoms with E-state index in [-0.39, 0.29) is 10.9 Å². The molecule has 0 aliphatic heterocycles. The SMILES string of the molecule is CNS(=O)(=O)c1ccc(C(=O)OC)o1. The maximum absolute atomic E-state index is 11.2. The smallest absolute Gasteiger partial charge is 0.374 e. The summed E-state index contributed by atoms with van der Waals surface area (Å²) in [6.45, 7) is 0. The van der Waals surface area contributed by atoms with E-state index < -0.39 is 16.0 Å². The molecule has 78 valence electrons. The average molecular weight is 219 g/mol. The summed E-state index contributed by atoms with van der Waals surface area (Å²) in [7, 11) is -1.22. The van der Waals surface area contributed by atoms with Gasteiger partial charge in [-0.25, -0.2) is 17.9 Å². The van der Waals surface area contributed by atoms with Gasteiger partial charge in [0.1, 0.15) is 0 Å². The van der Waals surface area contributed by atoms with Crippen molar-refractivity contribution in [2.75, 3.05) is 14.2 Å². The number of ether oxygens (including phenoxy) is 1. The van der Waals surface area contributed by atoms with E-state index in [0.717, 1.165) is 0 Å². The van der Waals surface area contributed by atoms with Gasteiger partial charge in [0.05, 0.1) is 7.11 Å². The van der Waals surface area contributed by atoms with Crippen LogP contribution in [-0.4, -0.2) is 28.5 Å². The molecule has 14 heavy (non-hydrogen) atoms. The van der Waals surface area contributed by atoms with E-state index in [2.05, 4.69) is 9.46 Å². The molecule has 0 radical (unpaired) electrons. The molecule has 1 rings (SSSR count). The molecular formula is C7H9NO5S. The summed E-state index contributed by atoms with van der Waals surface area (Å²) in [5.74, 6) is -0.871. The van der Waals surface area contributed by atoms with E-state index in [1.54, 1.807) is 0 Å². The zero-order valence-corrected chi connectivity index (χ0v) is 8.42. The Morgan fingerprint density at radius 1 is 1.50 bits per heavy atom. The van der Waals surface area contributed by atoms with Crippen LogP contribution < -0.4 is 4.72 Å². The van der Waals surface area contributed by atoms with E-state index in [9.17, 15) is 13.2 Å². The zero-order chi connectivity index (χ0) is 10.8. The maximum Gasteiger partial charge on any atom is 0.374 e. The first kappa shape index (κ1) is 10.7. The Morgan fingerprint density at radius 3 is 2.64 bits per heavy atom. The lowest BCUT2D eigenvalue weighted by Crippen LogP contribution is -2.17. The fourth-order valence-electron chi connectivity index (χ4n) is 0.775. The highest BCUT2D eigenvalue weighted by atomic mass is 32.2. The van der Waals surface area contributed by atoms with Crippen LogP contribution in [0.5, 0.6) is 0 Å². The second-order valence-electron chi connectivity index (χ2n) is 2.32. The van der Waals surface area contributed by atoms with Gasteiger partial charge in [-0.15, -0.1) is 0 Å². The highest BCUT2D eigenvalue weighted by Gasteiger charge is 2.19. The quantitative estimate of drug-likeness (QED) is 0.722. The lowest BCUT2D eigenvalue weighted by molar-refractivity contribution is 0.0559. The number of rotatable bonds is 3. The van der Waals surface area contributed by atoms with Crippen molar-refractivity contribution in [1.29, 1.82) is 0 Å². The second-order valence-corrected chi connectivity index (χ2v) is 4.14. The van der Waals surface area contributed by atoms with Crippen molar-refractivity contribution in [3.8, 4) is 0 Å². The molecule has 0 saturated carbocycles. The largest absolute Gasteiger partial charge is 0.463 e. The maximum atomic E-state index is 11.2. The molecule has 1 heterocycles. The van der Waals surface area contributed by atoms with Crippen LogP contribution in [0.1, 0.15) is 10.6 Å². The molecule has 0 bridgehead atoms. The van der Waals surface area contributed by atoms with Gasteiger partial charge in [0, 0.05) is 0 Å². The number of esters is 1. The number of sulfonamides is 1. The standard InChI is InChI=1S/C7H9NO5S/c1-8-14(10,11)6-4-3-5(13-6)7(9)12-2/h3-4,8H,1-2H3. The van der Waals surface area contributed by atoms with Crippen LogP contribution in [-0.2, 0) is 14.8 Å². The first-order valence-corrected chi connectivity index (χ1v) is 5.11. The predicted octanol–water partition coefficient (Wildman–Crippen LogP) is -0.0257. The summed E-state index contributed by atoms with van der Waals surface area (Å²) < 4.78 is 33.5. The second kappa shape index (κ2) is 3.81. The molecule has 0 atom stereocenters. The summed E-state index contributed by atoms with van der Waals surface area (Å²) in [5.41, 5.74) is 0. The molecule has 0 fully saturated rings. The molecular weight excluding hydrogens is 210 g/mol. The van der Waals surface area contributed by atoms with Gasteiger partial charge < -0.3 is 9.15 Å². The first-order chi connectivity index (χ1) is 6.51. The number of hydrogen-bond donors (Lipinski definition) is 1. The van der Waals surface area contributed by atoms with Crippen molar-refractivity contribution in [2.45, 2.75) is 5.09 Å². The molecule has 6 nitrogen and oxygen atoms in total. The van der Waals surface area contributed by atoms with Gasteiger partial charge >= 0.3 is 5.97 Å². The van der Waals surface area contributed by atoms with Crippen LogP contribution in [0, 0.1) is 0 Å². The normalized spacial score (nSPS) is 11.3. The van der Waals surface area contributed by atoms with Gasteiger partial charge in [0.15, 0.2) is 0 Å². The molecule has 1 N–H and O–H groups in total. The molecule has 1 aromatic heterocycles. The van der Waals surface area contributed by atoms with Gasteiger partial charge in [-0.05, 0) is 19.2 Å². The Bertz CT molecular complexity index is 433. The summed E-state index contributed by atoms with van der Waals surface area (Å²) in [5, 5.41) is -0.319. The Kier molecular flexibility index (Phi) is 2.92. The third kappa shape index (κ3) is 1.94. The molecule has 0 spiro atoms. The number of nitrogens with one attached hydrogen (secondary N) is 1. The van der Waals surface area contributed by atoms with Crippen LogP contribution in [0.2, 0.25) is 0 Å². The van der Waals surface area contributed by atoms with Crippen molar-refractivity contribution in [1.82, 2.24) is 4.72 Å². The molecule has 0 saturated heterocycles. The van der Waals surface area contributed by atoms with Gasteiger partial charge in [-0.1, -0.05) is 0 Å². The van der Waals surface area contributed by atoms with E-state index in [1.807, 2.05) is 0 Å². The number of hydrogen-bond acceptors (Lipinski definition) is 5. The number of methoxy groups -OCH3 is 1. The average Bonchev–Trinajstić information content (AvgIpc) is 2.66. The first-order valence-electron chi connectivity index (χ1n) is 3.63. The molecule has 0 aliphatic rings. The highest BCUT2D eigenvalue weighted by Crippen LogP contribution is 2.13. The lowest BCUT2D eigenvalue weighted by atomic mass is 10.5. The zero-order valence-electron chi connectivity index (χ0n) is 7.60. The van der Waals surface area contributed by atoms with Crippen molar-refractivity contribution >= 4 is 16.0 Å². The summed E-state index contributed by atoms with van der Waals surface area (Å²) in [6, 6.07) is 2.41. The topological polar surface area (TPSA) is 85.6 Å². The fraction of sp³-hybridized carbons (Fsp3) is 0.286. The van der Waals surface area contributed by atoms with Crippen molar-refractivity contribution in [2.24, 2.45) is 0 Å².